The number of nitrogens with zero attached hydrogens (tertiary/aromatic N) is 5. The maximum absolute atomic E-state index is 5.89. The van der Waals surface area contributed by atoms with Crippen molar-refractivity contribution in [3.05, 3.63) is 125 Å². The molecule has 7 aromatic rings. The highest BCUT2D eigenvalue weighted by Crippen LogP contribution is 2.26. The van der Waals surface area contributed by atoms with Crippen molar-refractivity contribution in [3.63, 3.8) is 0 Å². The summed E-state index contributed by atoms with van der Waals surface area (Å²) in [6, 6.07) is 33.9. The van der Waals surface area contributed by atoms with Crippen LogP contribution in [0.1, 0.15) is 16.7 Å². The van der Waals surface area contributed by atoms with Crippen molar-refractivity contribution in [1.82, 2.24) is 19.9 Å². The van der Waals surface area contributed by atoms with Gasteiger partial charge in [0.25, 0.3) is 0 Å². The number of anilines is 1. The van der Waals surface area contributed by atoms with Gasteiger partial charge in [0.2, 0.25) is 23.2 Å². The predicted molar refractivity (Wildman–Crippen MR) is 168 cm³/mol. The molecule has 0 saturated carbocycles. The molecule has 7 rings (SSSR count). The van der Waals surface area contributed by atoms with E-state index in [1.165, 1.54) is 16.7 Å². The minimum absolute atomic E-state index is 0.407. The Balaban J connectivity index is 0.000000162. The van der Waals surface area contributed by atoms with Gasteiger partial charge in [-0.2, -0.15) is 9.97 Å². The third-order valence-corrected chi connectivity index (χ3v) is 6.92. The Hall–Kier alpha value is -5.01. The lowest BCUT2D eigenvalue weighted by Gasteiger charge is -2.17. The van der Waals surface area contributed by atoms with Gasteiger partial charge in [-0.1, -0.05) is 77.3 Å². The van der Waals surface area contributed by atoms with E-state index < -0.39 is 0 Å². The summed E-state index contributed by atoms with van der Waals surface area (Å²) in [5, 5.41) is 0.407. The summed E-state index contributed by atoms with van der Waals surface area (Å²) in [6.45, 7) is 4.89. The normalized spacial score (nSPS) is 11.0. The lowest BCUT2D eigenvalue weighted by Crippen LogP contribution is -2.17. The number of halogens is 1. The molecule has 0 aliphatic carbocycles. The largest absolute Gasteiger partial charge is 0.418 e. The number of hydrogen-bond acceptors (Lipinski definition) is 7. The zero-order valence-corrected chi connectivity index (χ0v) is 24.2. The molecule has 0 unspecified atom stereocenters. The minimum atomic E-state index is 0.407. The van der Waals surface area contributed by atoms with Crippen LogP contribution < -0.4 is 4.90 Å². The van der Waals surface area contributed by atoms with E-state index in [9.17, 15) is 0 Å². The van der Waals surface area contributed by atoms with Crippen LogP contribution in [0.2, 0.25) is 5.15 Å². The number of fused-ring (bicyclic) bond motifs is 2. The average molecular weight is 574 g/mol. The van der Waals surface area contributed by atoms with Crippen molar-refractivity contribution in [1.29, 1.82) is 0 Å². The third kappa shape index (κ3) is 6.16. The van der Waals surface area contributed by atoms with Crippen LogP contribution in [-0.2, 0) is 6.54 Å². The molecule has 0 aliphatic rings. The average Bonchev–Trinajstić information content (AvgIpc) is 3.62. The molecule has 0 saturated heterocycles. The topological polar surface area (TPSA) is 81.1 Å². The van der Waals surface area contributed by atoms with Crippen LogP contribution in [0.25, 0.3) is 45.4 Å². The van der Waals surface area contributed by atoms with Crippen molar-refractivity contribution in [3.8, 4) is 22.9 Å². The monoisotopic (exact) mass is 573 g/mol. The molecule has 0 radical (unpaired) electrons. The van der Waals surface area contributed by atoms with Gasteiger partial charge in [0.15, 0.2) is 0 Å². The van der Waals surface area contributed by atoms with E-state index in [2.05, 4.69) is 56.0 Å². The molecule has 7 nitrogen and oxygen atoms in total. The van der Waals surface area contributed by atoms with Crippen LogP contribution in [0.5, 0.6) is 0 Å². The molecule has 0 N–H and O–H groups in total. The number of rotatable bonds is 5. The Labute approximate surface area is 248 Å². The van der Waals surface area contributed by atoms with Crippen LogP contribution >= 0.6 is 11.6 Å². The summed E-state index contributed by atoms with van der Waals surface area (Å²) in [4.78, 5) is 19.7. The lowest BCUT2D eigenvalue weighted by molar-refractivity contribution is 0.607. The fourth-order valence-corrected chi connectivity index (χ4v) is 4.53. The molecule has 0 fully saturated rings. The quantitative estimate of drug-likeness (QED) is 0.190. The zero-order chi connectivity index (χ0) is 29.1. The van der Waals surface area contributed by atoms with E-state index in [1.54, 1.807) is 12.1 Å². The van der Waals surface area contributed by atoms with Crippen molar-refractivity contribution in [2.24, 2.45) is 0 Å². The van der Waals surface area contributed by atoms with Gasteiger partial charge >= 0.3 is 0 Å². The van der Waals surface area contributed by atoms with E-state index in [0.29, 0.717) is 33.9 Å². The number of hydrogen-bond donors (Lipinski definition) is 0. The number of pyridine rings is 2. The van der Waals surface area contributed by atoms with Crippen LogP contribution in [0.15, 0.2) is 112 Å². The highest BCUT2D eigenvalue weighted by molar-refractivity contribution is 6.29. The molecular weight excluding hydrogens is 546 g/mol. The lowest BCUT2D eigenvalue weighted by atomic mass is 10.1. The van der Waals surface area contributed by atoms with Gasteiger partial charge in [-0.05, 0) is 67.9 Å². The molecule has 8 heteroatoms. The van der Waals surface area contributed by atoms with Crippen LogP contribution in [0.4, 0.5) is 5.82 Å². The highest BCUT2D eigenvalue weighted by Gasteiger charge is 2.12. The Morgan fingerprint density at radius 2 is 1.12 bits per heavy atom. The third-order valence-electron chi connectivity index (χ3n) is 6.71. The summed E-state index contributed by atoms with van der Waals surface area (Å²) in [5.41, 5.74) is 8.06. The van der Waals surface area contributed by atoms with E-state index in [0.717, 1.165) is 29.0 Å². The summed E-state index contributed by atoms with van der Waals surface area (Å²) < 4.78 is 11.5. The van der Waals surface area contributed by atoms with Gasteiger partial charge in [-0.25, -0.2) is 9.97 Å². The molecule has 0 aliphatic heterocycles. The number of aryl methyl sites for hydroxylation is 2. The molecular formula is C34H28ClN5O2. The summed E-state index contributed by atoms with van der Waals surface area (Å²) in [5.74, 6) is 2.03. The number of oxazole rings is 2. The Morgan fingerprint density at radius 1 is 0.595 bits per heavy atom. The van der Waals surface area contributed by atoms with E-state index in [-0.39, 0.29) is 0 Å². The maximum Gasteiger partial charge on any atom is 0.249 e. The second kappa shape index (κ2) is 11.8. The van der Waals surface area contributed by atoms with Crippen LogP contribution in [0, 0.1) is 13.8 Å². The smallest absolute Gasteiger partial charge is 0.249 e. The van der Waals surface area contributed by atoms with Gasteiger partial charge in [-0.3, -0.25) is 0 Å². The molecule has 4 aromatic heterocycles. The molecule has 0 bridgehead atoms. The summed E-state index contributed by atoms with van der Waals surface area (Å²) >= 11 is 5.80. The van der Waals surface area contributed by atoms with Gasteiger partial charge in [0.05, 0.1) is 0 Å². The first kappa shape index (κ1) is 27.2. The zero-order valence-electron chi connectivity index (χ0n) is 23.5. The predicted octanol–water partition coefficient (Wildman–Crippen LogP) is 8.69. The molecule has 208 valence electrons. The fraction of sp³-hybridized carbons (Fsp3) is 0.118. The molecule has 0 amide bonds. The second-order valence-electron chi connectivity index (χ2n) is 10.1. The fourth-order valence-electron chi connectivity index (χ4n) is 4.39. The van der Waals surface area contributed by atoms with Crippen molar-refractivity contribution in [2.75, 3.05) is 11.9 Å². The van der Waals surface area contributed by atoms with Gasteiger partial charge in [0, 0.05) is 24.7 Å². The van der Waals surface area contributed by atoms with E-state index >= 15 is 0 Å². The minimum Gasteiger partial charge on any atom is -0.418 e. The molecule has 0 atom stereocenters. The van der Waals surface area contributed by atoms with Gasteiger partial charge < -0.3 is 13.7 Å². The number of benzene rings is 3. The first-order chi connectivity index (χ1) is 20.4. The Bertz CT molecular complexity index is 1950. The second-order valence-corrected chi connectivity index (χ2v) is 10.5. The van der Waals surface area contributed by atoms with E-state index in [4.69, 9.17) is 20.4 Å². The first-order valence-electron chi connectivity index (χ1n) is 13.5. The standard InChI is InChI=1S/C21H19N3O.C13H9ClN2O/c1-15-8-10-17(11-9-15)20-22-18-12-13-19(23-21(18)25-20)24(2)14-16-6-4-3-5-7-16;1-8-2-4-9(5-3-8)12-15-10-6-7-11(14)16-13(10)17-12/h3-13H,14H2,1-2H3;2-7H,1H3. The Morgan fingerprint density at radius 3 is 1.69 bits per heavy atom. The highest BCUT2D eigenvalue weighted by atomic mass is 35.5. The first-order valence-corrected chi connectivity index (χ1v) is 13.9. The number of aromatic nitrogens is 4. The Kier molecular flexibility index (Phi) is 7.66. The van der Waals surface area contributed by atoms with Gasteiger partial charge in [-0.15, -0.1) is 0 Å². The molecule has 4 heterocycles. The van der Waals surface area contributed by atoms with Crippen molar-refractivity contribution < 1.29 is 8.83 Å². The SMILES string of the molecule is Cc1ccc(-c2nc3ccc(Cl)nc3o2)cc1.Cc1ccc(-c2nc3ccc(N(C)Cc4ccccc4)nc3o2)cc1. The molecule has 3 aromatic carbocycles. The summed E-state index contributed by atoms with van der Waals surface area (Å²) in [7, 11) is 2.03. The van der Waals surface area contributed by atoms with Crippen LogP contribution in [0.3, 0.4) is 0 Å². The molecule has 0 spiro atoms. The van der Waals surface area contributed by atoms with Crippen molar-refractivity contribution in [2.45, 2.75) is 20.4 Å². The summed E-state index contributed by atoms with van der Waals surface area (Å²) in [6.07, 6.45) is 0. The van der Waals surface area contributed by atoms with Crippen molar-refractivity contribution >= 4 is 39.9 Å². The van der Waals surface area contributed by atoms with Gasteiger partial charge in [0.1, 0.15) is 22.0 Å². The van der Waals surface area contributed by atoms with E-state index in [1.807, 2.05) is 80.7 Å². The molecule has 42 heavy (non-hydrogen) atoms. The van der Waals surface area contributed by atoms with Crippen LogP contribution in [-0.4, -0.2) is 27.0 Å². The maximum atomic E-state index is 5.89.